The lowest BCUT2D eigenvalue weighted by Gasteiger charge is -2.01. The van der Waals surface area contributed by atoms with Crippen molar-refractivity contribution in [2.75, 3.05) is 0 Å². The number of rotatable bonds is 2. The quantitative estimate of drug-likeness (QED) is 0.703. The number of carboxylic acids is 1. The van der Waals surface area contributed by atoms with Gasteiger partial charge in [0.05, 0.1) is 5.69 Å². The van der Waals surface area contributed by atoms with Gasteiger partial charge in [-0.25, -0.2) is 4.79 Å². The molecular weight excluding hydrogens is 175 g/mol. The van der Waals surface area contributed by atoms with Crippen LogP contribution in [0.15, 0.2) is 18.1 Å². The number of hydrogen-bond acceptors (Lipinski definition) is 2. The second-order valence-corrected chi connectivity index (χ2v) is 2.58. The molecule has 1 rings (SSSR count). The maximum atomic E-state index is 12.9. The van der Waals surface area contributed by atoms with Gasteiger partial charge in [-0.05, 0) is 13.0 Å². The molecular formula is C8H9FN2O2. The molecule has 1 heterocycles. The van der Waals surface area contributed by atoms with Gasteiger partial charge in [-0.2, -0.15) is 9.49 Å². The smallest absolute Gasteiger partial charge is 0.365 e. The molecule has 0 atom stereocenters. The van der Waals surface area contributed by atoms with Crippen molar-refractivity contribution in [3.05, 3.63) is 23.8 Å². The predicted molar refractivity (Wildman–Crippen MR) is 44.5 cm³/mol. The average Bonchev–Trinajstić information content (AvgIpc) is 2.48. The predicted octanol–water partition coefficient (Wildman–Crippen LogP) is 1.21. The van der Waals surface area contributed by atoms with Crippen LogP contribution in [-0.4, -0.2) is 20.9 Å². The van der Waals surface area contributed by atoms with E-state index < -0.39 is 11.8 Å². The number of halogens is 1. The summed E-state index contributed by atoms with van der Waals surface area (Å²) >= 11 is 0. The van der Waals surface area contributed by atoms with Gasteiger partial charge in [0.2, 0.25) is 5.83 Å². The Morgan fingerprint density at radius 3 is 2.69 bits per heavy atom. The first-order valence-electron chi connectivity index (χ1n) is 3.62. The van der Waals surface area contributed by atoms with Gasteiger partial charge >= 0.3 is 5.97 Å². The number of nitrogens with zero attached hydrogens (tertiary/aromatic N) is 2. The topological polar surface area (TPSA) is 55.1 Å². The Morgan fingerprint density at radius 2 is 2.31 bits per heavy atom. The van der Waals surface area contributed by atoms with Gasteiger partial charge in [0.25, 0.3) is 0 Å². The average molecular weight is 184 g/mol. The van der Waals surface area contributed by atoms with Crippen LogP contribution in [0.2, 0.25) is 0 Å². The van der Waals surface area contributed by atoms with Gasteiger partial charge in [0.15, 0.2) is 0 Å². The second kappa shape index (κ2) is 3.38. The van der Waals surface area contributed by atoms with Crippen molar-refractivity contribution in [2.45, 2.75) is 6.92 Å². The minimum absolute atomic E-state index is 0.0764. The van der Waals surface area contributed by atoms with E-state index in [2.05, 4.69) is 5.10 Å². The van der Waals surface area contributed by atoms with Crippen molar-refractivity contribution >= 4 is 11.5 Å². The van der Waals surface area contributed by atoms with Crippen LogP contribution in [0.1, 0.15) is 12.6 Å². The molecule has 1 aromatic heterocycles. The number of aliphatic carboxylic acids is 1. The lowest BCUT2D eigenvalue weighted by molar-refractivity contribution is -0.134. The third-order valence-corrected chi connectivity index (χ3v) is 1.72. The van der Waals surface area contributed by atoms with E-state index in [-0.39, 0.29) is 5.57 Å². The number of carbonyl (C=O) groups is 1. The molecule has 5 heteroatoms. The molecule has 1 aromatic rings. The Bertz CT molecular complexity index is 368. The number of allylic oxidation sites excluding steroid dienone is 1. The van der Waals surface area contributed by atoms with Crippen LogP contribution in [0.5, 0.6) is 0 Å². The molecule has 0 radical (unpaired) electrons. The lowest BCUT2D eigenvalue weighted by atomic mass is 10.2. The fraction of sp³-hybridized carbons (Fsp3) is 0.250. The molecule has 0 aliphatic heterocycles. The molecule has 0 unspecified atom stereocenters. The van der Waals surface area contributed by atoms with Crippen LogP contribution in [0.4, 0.5) is 4.39 Å². The molecule has 0 spiro atoms. The Labute approximate surface area is 74.3 Å². The van der Waals surface area contributed by atoms with E-state index in [1.807, 2.05) is 0 Å². The summed E-state index contributed by atoms with van der Waals surface area (Å²) in [5.41, 5.74) is 0.535. The van der Waals surface area contributed by atoms with Crippen molar-refractivity contribution in [1.82, 2.24) is 9.78 Å². The minimum atomic E-state index is -1.56. The molecule has 1 N–H and O–H groups in total. The van der Waals surface area contributed by atoms with Gasteiger partial charge in [0, 0.05) is 18.8 Å². The standard InChI is InChI=1S/C8H9FN2O2/c1-5(7(9)8(12)13)6-3-4-10-11(6)2/h3-4H,1-2H3,(H,12,13)/b7-5-. The Balaban J connectivity index is 3.17. The molecule has 0 saturated heterocycles. The molecule has 0 aliphatic carbocycles. The lowest BCUT2D eigenvalue weighted by Crippen LogP contribution is -2.02. The van der Waals surface area contributed by atoms with Crippen molar-refractivity contribution < 1.29 is 14.3 Å². The fourth-order valence-corrected chi connectivity index (χ4v) is 1.01. The summed E-state index contributed by atoms with van der Waals surface area (Å²) < 4.78 is 14.3. The first-order chi connectivity index (χ1) is 6.04. The molecule has 0 bridgehead atoms. The van der Waals surface area contributed by atoms with Crippen LogP contribution in [0.25, 0.3) is 5.57 Å². The van der Waals surface area contributed by atoms with E-state index in [1.165, 1.54) is 17.8 Å². The van der Waals surface area contributed by atoms with Crippen LogP contribution in [0.3, 0.4) is 0 Å². The van der Waals surface area contributed by atoms with Gasteiger partial charge in [0.1, 0.15) is 0 Å². The Kier molecular flexibility index (Phi) is 2.46. The summed E-state index contributed by atoms with van der Waals surface area (Å²) in [6, 6.07) is 1.55. The van der Waals surface area contributed by atoms with Crippen LogP contribution in [-0.2, 0) is 11.8 Å². The SMILES string of the molecule is C/C(=C(/F)C(=O)O)c1ccnn1C. The first-order valence-corrected chi connectivity index (χ1v) is 3.62. The van der Waals surface area contributed by atoms with Crippen molar-refractivity contribution in [3.63, 3.8) is 0 Å². The highest BCUT2D eigenvalue weighted by Crippen LogP contribution is 2.17. The van der Waals surface area contributed by atoms with E-state index in [1.54, 1.807) is 13.1 Å². The maximum Gasteiger partial charge on any atom is 0.365 e. The maximum absolute atomic E-state index is 12.9. The van der Waals surface area contributed by atoms with E-state index in [0.717, 1.165) is 0 Å². The van der Waals surface area contributed by atoms with Crippen LogP contribution >= 0.6 is 0 Å². The van der Waals surface area contributed by atoms with Crippen molar-refractivity contribution in [1.29, 1.82) is 0 Å². The van der Waals surface area contributed by atoms with E-state index in [0.29, 0.717) is 5.69 Å². The van der Waals surface area contributed by atoms with Gasteiger partial charge < -0.3 is 5.11 Å². The zero-order valence-corrected chi connectivity index (χ0v) is 7.28. The Hall–Kier alpha value is -1.65. The summed E-state index contributed by atoms with van der Waals surface area (Å²) in [6.07, 6.45) is 1.48. The van der Waals surface area contributed by atoms with Gasteiger partial charge in [-0.3, -0.25) is 4.68 Å². The summed E-state index contributed by atoms with van der Waals surface area (Å²) in [5, 5.41) is 12.2. The summed E-state index contributed by atoms with van der Waals surface area (Å²) in [7, 11) is 1.62. The molecule has 0 amide bonds. The zero-order chi connectivity index (χ0) is 10.0. The minimum Gasteiger partial charge on any atom is -0.476 e. The van der Waals surface area contributed by atoms with E-state index >= 15 is 0 Å². The third-order valence-electron chi connectivity index (χ3n) is 1.72. The van der Waals surface area contributed by atoms with Crippen molar-refractivity contribution in [3.8, 4) is 0 Å². The largest absolute Gasteiger partial charge is 0.476 e. The molecule has 0 aromatic carbocycles. The summed E-state index contributed by atoms with van der Waals surface area (Å²) in [6.45, 7) is 1.40. The first kappa shape index (κ1) is 9.44. The third kappa shape index (κ3) is 1.74. The molecule has 0 saturated carbocycles. The summed E-state index contributed by atoms with van der Waals surface area (Å²) in [4.78, 5) is 10.3. The number of hydrogen-bond donors (Lipinski definition) is 1. The van der Waals surface area contributed by atoms with E-state index in [9.17, 15) is 9.18 Å². The highest BCUT2D eigenvalue weighted by Gasteiger charge is 2.13. The van der Waals surface area contributed by atoms with Crippen LogP contribution in [0, 0.1) is 0 Å². The number of carboxylic acid groups (broad SMARTS) is 1. The molecule has 4 nitrogen and oxygen atoms in total. The summed E-state index contributed by atoms with van der Waals surface area (Å²) in [5.74, 6) is -2.71. The van der Waals surface area contributed by atoms with E-state index in [4.69, 9.17) is 5.11 Å². The van der Waals surface area contributed by atoms with Crippen LogP contribution < -0.4 is 0 Å². The molecule has 0 fully saturated rings. The zero-order valence-electron chi connectivity index (χ0n) is 7.28. The van der Waals surface area contributed by atoms with Gasteiger partial charge in [-0.1, -0.05) is 0 Å². The van der Waals surface area contributed by atoms with Crippen molar-refractivity contribution in [2.24, 2.45) is 7.05 Å². The highest BCUT2D eigenvalue weighted by molar-refractivity contribution is 5.93. The monoisotopic (exact) mass is 184 g/mol. The molecule has 13 heavy (non-hydrogen) atoms. The second-order valence-electron chi connectivity index (χ2n) is 2.58. The van der Waals surface area contributed by atoms with Gasteiger partial charge in [-0.15, -0.1) is 0 Å². The Morgan fingerprint density at radius 1 is 1.69 bits per heavy atom. The number of aromatic nitrogens is 2. The number of aryl methyl sites for hydroxylation is 1. The fourth-order valence-electron chi connectivity index (χ4n) is 1.01. The molecule has 70 valence electrons. The highest BCUT2D eigenvalue weighted by atomic mass is 19.1. The normalized spacial score (nSPS) is 12.5. The molecule has 0 aliphatic rings.